The molecule has 3 rings (SSSR count). The third-order valence-corrected chi connectivity index (χ3v) is 6.82. The minimum absolute atomic E-state index is 0.160. The van der Waals surface area contributed by atoms with Gasteiger partial charge in [0.25, 0.3) is 0 Å². The molecule has 3 heterocycles. The van der Waals surface area contributed by atoms with Gasteiger partial charge in [0.05, 0.1) is 24.0 Å². The molecule has 0 unspecified atom stereocenters. The zero-order valence-corrected chi connectivity index (χ0v) is 14.2. The van der Waals surface area contributed by atoms with Gasteiger partial charge in [-0.25, -0.2) is 8.42 Å². The summed E-state index contributed by atoms with van der Waals surface area (Å²) >= 11 is 0. The number of rotatable bonds is 2. The normalized spacial score (nSPS) is 32.3. The Bertz CT molecular complexity index is 676. The second-order valence-electron chi connectivity index (χ2n) is 6.68. The first-order valence-electron chi connectivity index (χ1n) is 7.71. The molecule has 2 N–H and O–H groups in total. The maximum atomic E-state index is 12.6. The highest BCUT2D eigenvalue weighted by molar-refractivity contribution is 7.89. The molecule has 2 aliphatic heterocycles. The van der Waals surface area contributed by atoms with E-state index in [0.29, 0.717) is 25.9 Å². The van der Waals surface area contributed by atoms with Crippen molar-refractivity contribution in [3.8, 4) is 0 Å². The predicted octanol–water partition coefficient (Wildman–Crippen LogP) is -0.524. The standard InChI is InChI=1S/C14H23N3O5S/c1-13(19)5-8-22-14(12(13)18)3-6-17(7-4-14)23(20,21)11-9-15-16(2)10-11/h9-10,12,18-19H,3-8H2,1-2H3/t12-,13+/m0/s1. The number of aliphatic hydroxyl groups is 2. The number of aliphatic hydroxyl groups excluding tert-OH is 1. The molecule has 1 spiro atoms. The molecule has 2 saturated heterocycles. The van der Waals surface area contributed by atoms with Crippen molar-refractivity contribution in [1.82, 2.24) is 14.1 Å². The lowest BCUT2D eigenvalue weighted by atomic mass is 9.75. The van der Waals surface area contributed by atoms with Crippen molar-refractivity contribution in [2.45, 2.75) is 48.4 Å². The summed E-state index contributed by atoms with van der Waals surface area (Å²) in [5.41, 5.74) is -2.08. The van der Waals surface area contributed by atoms with Crippen LogP contribution in [0.25, 0.3) is 0 Å². The van der Waals surface area contributed by atoms with Crippen molar-refractivity contribution in [1.29, 1.82) is 0 Å². The van der Waals surface area contributed by atoms with Crippen molar-refractivity contribution < 1.29 is 23.4 Å². The smallest absolute Gasteiger partial charge is 0.246 e. The molecule has 130 valence electrons. The van der Waals surface area contributed by atoms with Gasteiger partial charge in [-0.05, 0) is 19.8 Å². The third kappa shape index (κ3) is 2.80. The summed E-state index contributed by atoms with van der Waals surface area (Å²) < 4.78 is 33.8. The number of hydrogen-bond acceptors (Lipinski definition) is 6. The van der Waals surface area contributed by atoms with Crippen molar-refractivity contribution in [3.05, 3.63) is 12.4 Å². The number of hydrogen-bond donors (Lipinski definition) is 2. The van der Waals surface area contributed by atoms with Crippen LogP contribution in [0.2, 0.25) is 0 Å². The molecule has 2 aliphatic rings. The molecule has 0 aliphatic carbocycles. The van der Waals surface area contributed by atoms with Crippen LogP contribution in [-0.4, -0.2) is 69.7 Å². The Balaban J connectivity index is 1.76. The molecular formula is C14H23N3O5S. The molecule has 2 fully saturated rings. The van der Waals surface area contributed by atoms with E-state index in [1.165, 1.54) is 21.4 Å². The van der Waals surface area contributed by atoms with E-state index in [1.807, 2.05) is 0 Å². The summed E-state index contributed by atoms with van der Waals surface area (Å²) in [5, 5.41) is 24.7. The fourth-order valence-corrected chi connectivity index (χ4v) is 4.87. The van der Waals surface area contributed by atoms with Gasteiger partial charge in [0, 0.05) is 32.8 Å². The SMILES string of the molecule is Cn1cc(S(=O)(=O)N2CCC3(CC2)OCC[C@@](C)(O)[C@@H]3O)cn1. The highest BCUT2D eigenvalue weighted by atomic mass is 32.2. The summed E-state index contributed by atoms with van der Waals surface area (Å²) in [5.74, 6) is 0. The lowest BCUT2D eigenvalue weighted by molar-refractivity contribution is -0.243. The fourth-order valence-electron chi connectivity index (χ4n) is 3.45. The van der Waals surface area contributed by atoms with Gasteiger partial charge in [0.1, 0.15) is 11.0 Å². The van der Waals surface area contributed by atoms with Crippen LogP contribution in [0.3, 0.4) is 0 Å². The first-order valence-corrected chi connectivity index (χ1v) is 9.15. The molecular weight excluding hydrogens is 322 g/mol. The topological polar surface area (TPSA) is 105 Å². The Morgan fingerprint density at radius 1 is 1.35 bits per heavy atom. The second-order valence-corrected chi connectivity index (χ2v) is 8.61. The largest absolute Gasteiger partial charge is 0.387 e. The number of ether oxygens (including phenoxy) is 1. The summed E-state index contributed by atoms with van der Waals surface area (Å²) in [6.07, 6.45) is 2.85. The summed E-state index contributed by atoms with van der Waals surface area (Å²) in [7, 11) is -1.93. The van der Waals surface area contributed by atoms with Gasteiger partial charge in [-0.15, -0.1) is 0 Å². The first kappa shape index (κ1) is 16.8. The summed E-state index contributed by atoms with van der Waals surface area (Å²) in [4.78, 5) is 0.160. The molecule has 1 aromatic rings. The average molecular weight is 345 g/mol. The van der Waals surface area contributed by atoms with E-state index in [9.17, 15) is 18.6 Å². The minimum atomic E-state index is -3.59. The Morgan fingerprint density at radius 2 is 2.00 bits per heavy atom. The second kappa shape index (κ2) is 5.52. The predicted molar refractivity (Wildman–Crippen MR) is 81.1 cm³/mol. The molecule has 0 saturated carbocycles. The molecule has 0 bridgehead atoms. The monoisotopic (exact) mass is 345 g/mol. The van der Waals surface area contributed by atoms with Crippen LogP contribution >= 0.6 is 0 Å². The van der Waals surface area contributed by atoms with E-state index in [2.05, 4.69) is 5.10 Å². The van der Waals surface area contributed by atoms with E-state index >= 15 is 0 Å². The third-order valence-electron chi connectivity index (χ3n) is 4.97. The maximum Gasteiger partial charge on any atom is 0.246 e. The van der Waals surface area contributed by atoms with Crippen LogP contribution in [0.15, 0.2) is 17.3 Å². The summed E-state index contributed by atoms with van der Waals surface area (Å²) in [6, 6.07) is 0. The van der Waals surface area contributed by atoms with Crippen LogP contribution in [0, 0.1) is 0 Å². The number of nitrogens with zero attached hydrogens (tertiary/aromatic N) is 3. The molecule has 1 aromatic heterocycles. The van der Waals surface area contributed by atoms with E-state index in [1.54, 1.807) is 14.0 Å². The van der Waals surface area contributed by atoms with Crippen LogP contribution in [-0.2, 0) is 21.8 Å². The lowest BCUT2D eigenvalue weighted by Gasteiger charge is -2.51. The molecule has 0 radical (unpaired) electrons. The van der Waals surface area contributed by atoms with E-state index in [4.69, 9.17) is 4.74 Å². The van der Waals surface area contributed by atoms with Crippen LogP contribution in [0.4, 0.5) is 0 Å². The minimum Gasteiger partial charge on any atom is -0.387 e. The fraction of sp³-hybridized carbons (Fsp3) is 0.786. The van der Waals surface area contributed by atoms with Gasteiger partial charge < -0.3 is 14.9 Å². The lowest BCUT2D eigenvalue weighted by Crippen LogP contribution is -2.64. The van der Waals surface area contributed by atoms with Gasteiger partial charge in [0.2, 0.25) is 10.0 Å². The molecule has 9 heteroatoms. The Kier molecular flexibility index (Phi) is 4.04. The van der Waals surface area contributed by atoms with E-state index in [-0.39, 0.29) is 18.0 Å². The van der Waals surface area contributed by atoms with Gasteiger partial charge in [-0.1, -0.05) is 0 Å². The summed E-state index contributed by atoms with van der Waals surface area (Å²) in [6.45, 7) is 2.44. The number of aromatic nitrogens is 2. The number of aryl methyl sites for hydroxylation is 1. The van der Waals surface area contributed by atoms with Crippen molar-refractivity contribution >= 4 is 10.0 Å². The quantitative estimate of drug-likeness (QED) is 0.747. The maximum absolute atomic E-state index is 12.6. The first-order chi connectivity index (χ1) is 10.7. The number of sulfonamides is 1. The zero-order valence-electron chi connectivity index (χ0n) is 13.3. The molecule has 0 aromatic carbocycles. The molecule has 8 nitrogen and oxygen atoms in total. The van der Waals surface area contributed by atoms with Gasteiger partial charge in [0.15, 0.2) is 0 Å². The highest BCUT2D eigenvalue weighted by Gasteiger charge is 2.53. The molecule has 23 heavy (non-hydrogen) atoms. The molecule has 0 amide bonds. The van der Waals surface area contributed by atoms with Crippen molar-refractivity contribution in [2.24, 2.45) is 7.05 Å². The number of piperidine rings is 1. The van der Waals surface area contributed by atoms with Gasteiger partial charge in [-0.3, -0.25) is 4.68 Å². The Hall–Kier alpha value is -1.00. The van der Waals surface area contributed by atoms with Crippen LogP contribution < -0.4 is 0 Å². The highest BCUT2D eigenvalue weighted by Crippen LogP contribution is 2.40. The average Bonchev–Trinajstić information content (AvgIpc) is 2.93. The van der Waals surface area contributed by atoms with E-state index in [0.717, 1.165) is 0 Å². The van der Waals surface area contributed by atoms with Crippen LogP contribution in [0.1, 0.15) is 26.2 Å². The van der Waals surface area contributed by atoms with Crippen LogP contribution in [0.5, 0.6) is 0 Å². The Morgan fingerprint density at radius 3 is 2.57 bits per heavy atom. The molecule has 2 atom stereocenters. The Labute approximate surface area is 135 Å². The zero-order chi connectivity index (χ0) is 16.9. The van der Waals surface area contributed by atoms with Crippen molar-refractivity contribution in [3.63, 3.8) is 0 Å². The van der Waals surface area contributed by atoms with Gasteiger partial charge >= 0.3 is 0 Å². The van der Waals surface area contributed by atoms with E-state index < -0.39 is 27.3 Å². The van der Waals surface area contributed by atoms with Crippen molar-refractivity contribution in [2.75, 3.05) is 19.7 Å². The van der Waals surface area contributed by atoms with Gasteiger partial charge in [-0.2, -0.15) is 9.40 Å².